The summed E-state index contributed by atoms with van der Waals surface area (Å²) in [6.45, 7) is 9.64. The van der Waals surface area contributed by atoms with E-state index in [2.05, 4.69) is 27.0 Å². The molecule has 0 spiro atoms. The number of nitrogens with one attached hydrogen (secondary N) is 1. The number of likely N-dealkylation sites (tertiary alicyclic amines) is 1. The van der Waals surface area contributed by atoms with Crippen LogP contribution in [-0.2, 0) is 16.0 Å². The molecule has 0 unspecified atom stereocenters. The first kappa shape index (κ1) is 21.0. The predicted octanol–water partition coefficient (Wildman–Crippen LogP) is 1.60. The minimum Gasteiger partial charge on any atom is -0.379 e. The van der Waals surface area contributed by atoms with Crippen LogP contribution in [0.1, 0.15) is 38.3 Å². The summed E-state index contributed by atoms with van der Waals surface area (Å²) in [6, 6.07) is 0.607. The van der Waals surface area contributed by atoms with Gasteiger partial charge in [-0.15, -0.1) is 11.3 Å². The summed E-state index contributed by atoms with van der Waals surface area (Å²) >= 11 is 1.46. The third kappa shape index (κ3) is 4.60. The molecule has 0 bridgehead atoms. The number of nitrogens with two attached hydrogens (primary N) is 1. The monoisotopic (exact) mass is 421 g/mol. The summed E-state index contributed by atoms with van der Waals surface area (Å²) in [7, 11) is 0. The average Bonchev–Trinajstić information content (AvgIpc) is 3.18. The van der Waals surface area contributed by atoms with Crippen LogP contribution in [0.5, 0.6) is 0 Å². The molecule has 0 radical (unpaired) electrons. The largest absolute Gasteiger partial charge is 0.379 e. The van der Waals surface area contributed by atoms with E-state index in [1.807, 2.05) is 5.38 Å². The van der Waals surface area contributed by atoms with Gasteiger partial charge in [0.1, 0.15) is 0 Å². The molecule has 162 valence electrons. The van der Waals surface area contributed by atoms with Crippen molar-refractivity contribution in [2.75, 3.05) is 58.2 Å². The molecular weight excluding hydrogens is 386 g/mol. The molecule has 3 aliphatic rings. The third-order valence-electron chi connectivity index (χ3n) is 7.26. The highest BCUT2D eigenvalue weighted by Gasteiger charge is 2.52. The quantitative estimate of drug-likeness (QED) is 0.726. The second-order valence-electron chi connectivity index (χ2n) is 8.77. The number of piperidine rings is 1. The van der Waals surface area contributed by atoms with Crippen LogP contribution in [0.4, 0.5) is 5.13 Å². The second kappa shape index (κ2) is 9.29. The van der Waals surface area contributed by atoms with E-state index in [0.717, 1.165) is 83.7 Å². The van der Waals surface area contributed by atoms with Crippen LogP contribution < -0.4 is 11.1 Å². The lowest BCUT2D eigenvalue weighted by atomic mass is 9.61. The summed E-state index contributed by atoms with van der Waals surface area (Å²) in [5, 5.41) is 5.84. The first-order valence-electron chi connectivity index (χ1n) is 11.1. The molecular formula is C21H35N5O2S. The number of nitrogen functional groups attached to an aromatic ring is 1. The maximum atomic E-state index is 13.5. The highest BCUT2D eigenvalue weighted by atomic mass is 32.1. The highest BCUT2D eigenvalue weighted by Crippen LogP contribution is 2.47. The molecule has 7 nitrogen and oxygen atoms in total. The number of hydrogen-bond donors (Lipinski definition) is 2. The number of carbonyl (C=O) groups is 1. The average molecular weight is 422 g/mol. The molecule has 0 aromatic carbocycles. The van der Waals surface area contributed by atoms with E-state index < -0.39 is 0 Å². The summed E-state index contributed by atoms with van der Waals surface area (Å²) < 4.78 is 5.54. The molecule has 1 aromatic heterocycles. The lowest BCUT2D eigenvalue weighted by Gasteiger charge is -2.53. The van der Waals surface area contributed by atoms with Crippen LogP contribution in [0.15, 0.2) is 5.38 Å². The van der Waals surface area contributed by atoms with Crippen molar-refractivity contribution in [2.24, 2.45) is 11.3 Å². The van der Waals surface area contributed by atoms with Crippen molar-refractivity contribution in [1.82, 2.24) is 20.1 Å². The first-order valence-corrected chi connectivity index (χ1v) is 12.0. The molecule has 1 aromatic rings. The van der Waals surface area contributed by atoms with Crippen molar-refractivity contribution < 1.29 is 9.53 Å². The van der Waals surface area contributed by atoms with Gasteiger partial charge in [-0.1, -0.05) is 6.92 Å². The van der Waals surface area contributed by atoms with Gasteiger partial charge < -0.3 is 20.7 Å². The molecule has 29 heavy (non-hydrogen) atoms. The fourth-order valence-corrected chi connectivity index (χ4v) is 6.15. The molecule has 1 saturated carbocycles. The Bertz CT molecular complexity index is 692. The molecule has 1 amide bonds. The zero-order chi connectivity index (χ0) is 20.3. The Morgan fingerprint density at radius 2 is 2.21 bits per heavy atom. The van der Waals surface area contributed by atoms with Crippen LogP contribution >= 0.6 is 11.3 Å². The van der Waals surface area contributed by atoms with Gasteiger partial charge in [0.2, 0.25) is 5.91 Å². The maximum Gasteiger partial charge on any atom is 0.227 e. The van der Waals surface area contributed by atoms with Crippen LogP contribution in [0.2, 0.25) is 0 Å². The van der Waals surface area contributed by atoms with Crippen molar-refractivity contribution in [3.8, 4) is 0 Å². The summed E-state index contributed by atoms with van der Waals surface area (Å²) in [5.41, 5.74) is 6.45. The number of fused-ring (bicyclic) bond motifs is 1. The lowest BCUT2D eigenvalue weighted by molar-refractivity contribution is -0.144. The number of carbonyl (C=O) groups excluding carboxylic acids is 1. The number of ether oxygens (including phenoxy) is 1. The van der Waals surface area contributed by atoms with Crippen LogP contribution in [0.25, 0.3) is 0 Å². The van der Waals surface area contributed by atoms with E-state index in [4.69, 9.17) is 10.5 Å². The number of thiazole rings is 1. The molecule has 3 heterocycles. The van der Waals surface area contributed by atoms with Crippen molar-refractivity contribution >= 4 is 22.4 Å². The van der Waals surface area contributed by atoms with Crippen LogP contribution in [0.3, 0.4) is 0 Å². The zero-order valence-corrected chi connectivity index (χ0v) is 18.4. The Hall–Kier alpha value is -1.22. The second-order valence-corrected chi connectivity index (χ2v) is 9.66. The highest BCUT2D eigenvalue weighted by molar-refractivity contribution is 7.13. The molecule has 3 N–H and O–H groups in total. The topological polar surface area (TPSA) is 83.7 Å². The SMILES string of the molecule is CCN1CC[C@@H]2C[C@@H](N3CCOCC3)CC[C@@]2(C(=O)NCCc2csc(N)n2)C1. The molecule has 2 aliphatic heterocycles. The van der Waals surface area contributed by atoms with E-state index in [-0.39, 0.29) is 11.3 Å². The smallest absolute Gasteiger partial charge is 0.227 e. The molecule has 8 heteroatoms. The molecule has 4 rings (SSSR count). The number of anilines is 1. The van der Waals surface area contributed by atoms with E-state index >= 15 is 0 Å². The Morgan fingerprint density at radius 1 is 1.38 bits per heavy atom. The Balaban J connectivity index is 1.41. The normalized spacial score (nSPS) is 31.3. The van der Waals surface area contributed by atoms with Crippen molar-refractivity contribution in [3.05, 3.63) is 11.1 Å². The fraction of sp³-hybridized carbons (Fsp3) is 0.810. The van der Waals surface area contributed by atoms with Gasteiger partial charge in [0.25, 0.3) is 0 Å². The summed E-state index contributed by atoms with van der Waals surface area (Å²) in [5.74, 6) is 0.728. The Morgan fingerprint density at radius 3 is 2.93 bits per heavy atom. The van der Waals surface area contributed by atoms with Gasteiger partial charge in [-0.25, -0.2) is 4.98 Å². The predicted molar refractivity (Wildman–Crippen MR) is 116 cm³/mol. The minimum absolute atomic E-state index is 0.238. The molecule has 3 atom stereocenters. The van der Waals surface area contributed by atoms with E-state index in [1.165, 1.54) is 11.3 Å². The molecule has 1 aliphatic carbocycles. The van der Waals surface area contributed by atoms with E-state index in [9.17, 15) is 4.79 Å². The van der Waals surface area contributed by atoms with E-state index in [1.54, 1.807) is 0 Å². The standard InChI is InChI=1S/C21H35N5O2S/c1-2-25-8-5-16-13-18(26-9-11-28-12-10-26)3-6-21(16,15-25)19(27)23-7-4-17-14-29-20(22)24-17/h14,16,18H,2-13,15H2,1H3,(H2,22,24)(H,23,27)/t16-,18+,21-/m1/s1. The van der Waals surface area contributed by atoms with Crippen molar-refractivity contribution in [3.63, 3.8) is 0 Å². The fourth-order valence-electron chi connectivity index (χ4n) is 5.55. The first-order chi connectivity index (χ1) is 14.1. The minimum atomic E-state index is -0.238. The zero-order valence-electron chi connectivity index (χ0n) is 17.6. The van der Waals surface area contributed by atoms with Gasteiger partial charge in [-0.2, -0.15) is 0 Å². The molecule has 2 saturated heterocycles. The van der Waals surface area contributed by atoms with Gasteiger partial charge in [0, 0.05) is 44.0 Å². The number of rotatable bonds is 6. The number of aromatic nitrogens is 1. The van der Waals surface area contributed by atoms with Crippen LogP contribution in [0, 0.1) is 11.3 Å². The molecule has 3 fully saturated rings. The summed E-state index contributed by atoms with van der Waals surface area (Å²) in [4.78, 5) is 22.9. The van der Waals surface area contributed by atoms with Gasteiger partial charge in [-0.05, 0) is 44.7 Å². The lowest BCUT2D eigenvalue weighted by Crippen LogP contribution is -2.61. The van der Waals surface area contributed by atoms with Crippen molar-refractivity contribution in [2.45, 2.75) is 45.1 Å². The maximum absolute atomic E-state index is 13.5. The van der Waals surface area contributed by atoms with Gasteiger partial charge in [0.15, 0.2) is 5.13 Å². The third-order valence-corrected chi connectivity index (χ3v) is 7.98. The van der Waals surface area contributed by atoms with Crippen LogP contribution in [-0.4, -0.2) is 79.2 Å². The number of hydrogen-bond acceptors (Lipinski definition) is 7. The van der Waals surface area contributed by atoms with E-state index in [0.29, 0.717) is 23.6 Å². The Kier molecular flexibility index (Phi) is 6.73. The number of nitrogens with zero attached hydrogens (tertiary/aromatic N) is 3. The Labute approximate surface area is 178 Å². The van der Waals surface area contributed by atoms with Gasteiger partial charge in [0.05, 0.1) is 24.3 Å². The van der Waals surface area contributed by atoms with Crippen molar-refractivity contribution in [1.29, 1.82) is 0 Å². The van der Waals surface area contributed by atoms with Gasteiger partial charge in [-0.3, -0.25) is 9.69 Å². The summed E-state index contributed by atoms with van der Waals surface area (Å²) in [6.07, 6.45) is 5.13. The number of amides is 1. The number of morpholine rings is 1. The van der Waals surface area contributed by atoms with Gasteiger partial charge >= 0.3 is 0 Å².